The summed E-state index contributed by atoms with van der Waals surface area (Å²) < 4.78 is 11.7. The zero-order valence-corrected chi connectivity index (χ0v) is 16.9. The first-order valence-corrected chi connectivity index (χ1v) is 10.5. The number of rotatable bonds is 6. The lowest BCUT2D eigenvalue weighted by Crippen LogP contribution is -2.68. The van der Waals surface area contributed by atoms with Gasteiger partial charge in [-0.15, -0.1) is 0 Å². The van der Waals surface area contributed by atoms with Gasteiger partial charge >= 0.3 is 0 Å². The highest BCUT2D eigenvalue weighted by Crippen LogP contribution is 2.52. The number of nitrogens with zero attached hydrogens (tertiary/aromatic N) is 2. The lowest BCUT2D eigenvalue weighted by atomic mass is 9.57. The second-order valence-electron chi connectivity index (χ2n) is 8.68. The fourth-order valence-corrected chi connectivity index (χ4v) is 5.18. The molecule has 4 rings (SSSR count). The zero-order valence-electron chi connectivity index (χ0n) is 16.9. The highest BCUT2D eigenvalue weighted by atomic mass is 16.5. The van der Waals surface area contributed by atoms with Gasteiger partial charge in [0.1, 0.15) is 5.76 Å². The maximum atomic E-state index is 5.93. The predicted octanol–water partition coefficient (Wildman–Crippen LogP) is 2.79. The molecule has 4 atom stereocenters. The van der Waals surface area contributed by atoms with Crippen molar-refractivity contribution in [1.29, 1.82) is 0 Å². The Morgan fingerprint density at radius 1 is 1.37 bits per heavy atom. The highest BCUT2D eigenvalue weighted by molar-refractivity contribution is 5.80. The molecule has 0 radical (unpaired) electrons. The Hall–Kier alpha value is -1.53. The molecule has 0 aromatic carbocycles. The minimum Gasteiger partial charge on any atom is -0.468 e. The minimum absolute atomic E-state index is 0.146. The Balaban J connectivity index is 1.46. The molecule has 0 amide bonds. The summed E-state index contributed by atoms with van der Waals surface area (Å²) in [5, 5.41) is 7.16. The Morgan fingerprint density at radius 2 is 2.19 bits per heavy atom. The van der Waals surface area contributed by atoms with Crippen molar-refractivity contribution in [2.24, 2.45) is 16.3 Å². The first-order valence-electron chi connectivity index (χ1n) is 10.5. The summed E-state index contributed by atoms with van der Waals surface area (Å²) in [7, 11) is 0. The molecule has 150 valence electrons. The van der Waals surface area contributed by atoms with Gasteiger partial charge < -0.3 is 19.8 Å². The predicted molar refractivity (Wildman–Crippen MR) is 107 cm³/mol. The Bertz CT molecular complexity index is 637. The van der Waals surface area contributed by atoms with Crippen LogP contribution in [0.2, 0.25) is 0 Å². The summed E-state index contributed by atoms with van der Waals surface area (Å²) in [5.41, 5.74) is 0.146. The molecule has 2 saturated heterocycles. The summed E-state index contributed by atoms with van der Waals surface area (Å²) in [6.07, 6.45) is 5.83. The van der Waals surface area contributed by atoms with Crippen LogP contribution in [0.3, 0.4) is 0 Å². The normalized spacial score (nSPS) is 31.4. The highest BCUT2D eigenvalue weighted by Gasteiger charge is 2.59. The number of furan rings is 1. The SMILES string of the molecule is CCNC(=NCC(c1ccco1)N1CCCC1)NC1C2CCOC2C1(C)C. The molecule has 6 heteroatoms. The van der Waals surface area contributed by atoms with Crippen molar-refractivity contribution in [1.82, 2.24) is 15.5 Å². The van der Waals surface area contributed by atoms with Crippen molar-refractivity contribution in [3.8, 4) is 0 Å². The second kappa shape index (κ2) is 7.84. The van der Waals surface area contributed by atoms with Crippen molar-refractivity contribution in [3.05, 3.63) is 24.2 Å². The number of hydrogen-bond acceptors (Lipinski definition) is 4. The first-order chi connectivity index (χ1) is 13.1. The van der Waals surface area contributed by atoms with Crippen molar-refractivity contribution in [3.63, 3.8) is 0 Å². The van der Waals surface area contributed by atoms with Gasteiger partial charge in [0, 0.05) is 30.5 Å². The molecule has 1 saturated carbocycles. The van der Waals surface area contributed by atoms with Crippen LogP contribution in [0, 0.1) is 11.3 Å². The van der Waals surface area contributed by atoms with Gasteiger partial charge in [-0.3, -0.25) is 9.89 Å². The number of fused-ring (bicyclic) bond motifs is 1. The van der Waals surface area contributed by atoms with Crippen LogP contribution in [0.5, 0.6) is 0 Å². The van der Waals surface area contributed by atoms with Crippen LogP contribution in [0.1, 0.15) is 51.8 Å². The van der Waals surface area contributed by atoms with E-state index in [-0.39, 0.29) is 11.5 Å². The first kappa shape index (κ1) is 18.8. The summed E-state index contributed by atoms with van der Waals surface area (Å²) in [6.45, 7) is 11.4. The summed E-state index contributed by atoms with van der Waals surface area (Å²) in [6, 6.07) is 4.68. The quantitative estimate of drug-likeness (QED) is 0.592. The van der Waals surface area contributed by atoms with Crippen LogP contribution in [-0.2, 0) is 4.74 Å². The van der Waals surface area contributed by atoms with Gasteiger partial charge in [-0.1, -0.05) is 13.8 Å². The molecule has 3 aliphatic rings. The van der Waals surface area contributed by atoms with E-state index in [0.29, 0.717) is 24.6 Å². The van der Waals surface area contributed by atoms with Crippen molar-refractivity contribution < 1.29 is 9.15 Å². The Morgan fingerprint density at radius 3 is 2.89 bits per heavy atom. The van der Waals surface area contributed by atoms with Crippen LogP contribution >= 0.6 is 0 Å². The number of guanidine groups is 1. The molecule has 1 aromatic heterocycles. The molecule has 1 aromatic rings. The lowest BCUT2D eigenvalue weighted by molar-refractivity contribution is -0.106. The third-order valence-corrected chi connectivity index (χ3v) is 6.61. The number of hydrogen-bond donors (Lipinski definition) is 2. The van der Waals surface area contributed by atoms with E-state index in [1.54, 1.807) is 6.26 Å². The molecule has 2 aliphatic heterocycles. The van der Waals surface area contributed by atoms with Crippen LogP contribution in [-0.4, -0.2) is 55.8 Å². The van der Waals surface area contributed by atoms with Crippen LogP contribution in [0.15, 0.2) is 27.8 Å². The standard InChI is InChI=1S/C21H34N4O2/c1-4-22-20(24-18-15-9-13-27-19(15)21(18,2)3)23-14-16(17-8-7-12-26-17)25-10-5-6-11-25/h7-8,12,15-16,18-19H,4-6,9-11,13-14H2,1-3H3,(H2,22,23,24). The largest absolute Gasteiger partial charge is 0.468 e. The third-order valence-electron chi connectivity index (χ3n) is 6.61. The third kappa shape index (κ3) is 3.61. The Kier molecular flexibility index (Phi) is 5.46. The number of likely N-dealkylation sites (tertiary alicyclic amines) is 1. The van der Waals surface area contributed by atoms with E-state index in [2.05, 4.69) is 42.4 Å². The van der Waals surface area contributed by atoms with Gasteiger partial charge in [-0.05, 0) is 51.4 Å². The summed E-state index contributed by atoms with van der Waals surface area (Å²) in [5.74, 6) is 2.53. The molecule has 0 spiro atoms. The van der Waals surface area contributed by atoms with Gasteiger partial charge in [-0.25, -0.2) is 0 Å². The van der Waals surface area contributed by atoms with Gasteiger partial charge in [0.15, 0.2) is 5.96 Å². The maximum absolute atomic E-state index is 5.93. The molecule has 0 bridgehead atoms. The van der Waals surface area contributed by atoms with Gasteiger partial charge in [0.25, 0.3) is 0 Å². The summed E-state index contributed by atoms with van der Waals surface area (Å²) >= 11 is 0. The van der Waals surface area contributed by atoms with E-state index < -0.39 is 0 Å². The number of ether oxygens (including phenoxy) is 1. The van der Waals surface area contributed by atoms with Crippen molar-refractivity contribution in [2.75, 3.05) is 32.8 Å². The molecule has 2 N–H and O–H groups in total. The average molecular weight is 375 g/mol. The number of nitrogens with one attached hydrogen (secondary N) is 2. The van der Waals surface area contributed by atoms with E-state index in [1.807, 2.05) is 6.07 Å². The molecule has 27 heavy (non-hydrogen) atoms. The number of aliphatic imine (C=N–C) groups is 1. The van der Waals surface area contributed by atoms with Crippen LogP contribution in [0.4, 0.5) is 0 Å². The molecule has 6 nitrogen and oxygen atoms in total. The van der Waals surface area contributed by atoms with E-state index >= 15 is 0 Å². The monoisotopic (exact) mass is 374 g/mol. The Labute approximate surface area is 162 Å². The van der Waals surface area contributed by atoms with Gasteiger partial charge in [0.05, 0.1) is 25.0 Å². The molecule has 1 aliphatic carbocycles. The molecular formula is C21H34N4O2. The van der Waals surface area contributed by atoms with Crippen LogP contribution in [0.25, 0.3) is 0 Å². The van der Waals surface area contributed by atoms with E-state index in [1.165, 1.54) is 12.8 Å². The molecule has 3 heterocycles. The topological polar surface area (TPSA) is 62.0 Å². The second-order valence-corrected chi connectivity index (χ2v) is 8.68. The van der Waals surface area contributed by atoms with Crippen LogP contribution < -0.4 is 10.6 Å². The lowest BCUT2D eigenvalue weighted by Gasteiger charge is -2.55. The minimum atomic E-state index is 0.146. The van der Waals surface area contributed by atoms with Crippen molar-refractivity contribution >= 4 is 5.96 Å². The van der Waals surface area contributed by atoms with E-state index in [9.17, 15) is 0 Å². The fraction of sp³-hybridized carbons (Fsp3) is 0.762. The molecular weight excluding hydrogens is 340 g/mol. The average Bonchev–Trinajstić information content (AvgIpc) is 3.41. The van der Waals surface area contributed by atoms with Gasteiger partial charge in [0.2, 0.25) is 0 Å². The van der Waals surface area contributed by atoms with Gasteiger partial charge in [-0.2, -0.15) is 0 Å². The fourth-order valence-electron chi connectivity index (χ4n) is 5.18. The smallest absolute Gasteiger partial charge is 0.191 e. The maximum Gasteiger partial charge on any atom is 0.191 e. The molecule has 4 unspecified atom stereocenters. The van der Waals surface area contributed by atoms with Crippen molar-refractivity contribution in [2.45, 2.75) is 58.2 Å². The molecule has 3 fully saturated rings. The zero-order chi connectivity index (χ0) is 18.9. The summed E-state index contributed by atoms with van der Waals surface area (Å²) in [4.78, 5) is 7.47. The van der Waals surface area contributed by atoms with E-state index in [0.717, 1.165) is 44.4 Å². The van der Waals surface area contributed by atoms with E-state index in [4.69, 9.17) is 14.1 Å².